The topological polar surface area (TPSA) is 88.2 Å². The maximum absolute atomic E-state index is 12.5. The standard InChI is InChI=1S/C19H19N3O3S/c1-11-5-4-6-12(2)16(11)20-17(24)13(3)26-19-22-21-18(25-19)14-7-9-15(23)10-8-14/h4-10,13,23H,1-3H3,(H,20,24)/t13-/m0/s1. The minimum atomic E-state index is -0.401. The molecule has 0 fully saturated rings. The summed E-state index contributed by atoms with van der Waals surface area (Å²) in [4.78, 5) is 12.5. The van der Waals surface area contributed by atoms with Crippen molar-refractivity contribution in [3.63, 3.8) is 0 Å². The molecule has 7 heteroatoms. The summed E-state index contributed by atoms with van der Waals surface area (Å²) in [6, 6.07) is 12.4. The molecular weight excluding hydrogens is 350 g/mol. The number of anilines is 1. The molecule has 0 aliphatic heterocycles. The van der Waals surface area contributed by atoms with Crippen molar-refractivity contribution >= 4 is 23.4 Å². The number of phenolic OH excluding ortho intramolecular Hbond substituents is 1. The number of nitrogens with one attached hydrogen (secondary N) is 1. The molecule has 0 aliphatic carbocycles. The molecule has 0 bridgehead atoms. The van der Waals surface area contributed by atoms with Gasteiger partial charge in [-0.1, -0.05) is 30.0 Å². The van der Waals surface area contributed by atoms with E-state index in [2.05, 4.69) is 15.5 Å². The Morgan fingerprint density at radius 1 is 1.12 bits per heavy atom. The van der Waals surface area contributed by atoms with Crippen LogP contribution in [0.15, 0.2) is 52.1 Å². The summed E-state index contributed by atoms with van der Waals surface area (Å²) < 4.78 is 5.61. The van der Waals surface area contributed by atoms with Gasteiger partial charge in [-0.3, -0.25) is 4.79 Å². The van der Waals surface area contributed by atoms with E-state index in [0.29, 0.717) is 16.7 Å². The first-order valence-electron chi connectivity index (χ1n) is 8.10. The first kappa shape index (κ1) is 18.0. The number of aryl methyl sites for hydroxylation is 2. The summed E-state index contributed by atoms with van der Waals surface area (Å²) in [6.45, 7) is 5.71. The molecule has 6 nitrogen and oxygen atoms in total. The fourth-order valence-electron chi connectivity index (χ4n) is 2.42. The fourth-order valence-corrected chi connectivity index (χ4v) is 3.10. The Morgan fingerprint density at radius 3 is 2.42 bits per heavy atom. The number of amides is 1. The fraction of sp³-hybridized carbons (Fsp3) is 0.211. The van der Waals surface area contributed by atoms with Crippen molar-refractivity contribution in [1.29, 1.82) is 0 Å². The number of thioether (sulfide) groups is 1. The Hall–Kier alpha value is -2.80. The third-order valence-electron chi connectivity index (χ3n) is 3.90. The molecule has 0 aliphatic rings. The number of hydrogen-bond donors (Lipinski definition) is 2. The average Bonchev–Trinajstić information content (AvgIpc) is 3.07. The molecule has 1 amide bonds. The molecule has 1 atom stereocenters. The van der Waals surface area contributed by atoms with Crippen molar-refractivity contribution in [1.82, 2.24) is 10.2 Å². The van der Waals surface area contributed by atoms with Gasteiger partial charge in [0, 0.05) is 11.3 Å². The molecule has 134 valence electrons. The molecule has 26 heavy (non-hydrogen) atoms. The number of aromatic hydroxyl groups is 1. The Kier molecular flexibility index (Phi) is 5.27. The maximum Gasteiger partial charge on any atom is 0.277 e. The summed E-state index contributed by atoms with van der Waals surface area (Å²) in [5.74, 6) is 0.381. The molecule has 2 N–H and O–H groups in total. The molecule has 0 saturated heterocycles. The molecule has 1 heterocycles. The van der Waals surface area contributed by atoms with Crippen LogP contribution in [0, 0.1) is 13.8 Å². The number of benzene rings is 2. The first-order chi connectivity index (χ1) is 12.4. The van der Waals surface area contributed by atoms with Crippen LogP contribution >= 0.6 is 11.8 Å². The van der Waals surface area contributed by atoms with Gasteiger partial charge in [0.15, 0.2) is 0 Å². The predicted octanol–water partition coefficient (Wildman–Crippen LogP) is 4.18. The van der Waals surface area contributed by atoms with Crippen LogP contribution in [-0.2, 0) is 4.79 Å². The largest absolute Gasteiger partial charge is 0.508 e. The minimum absolute atomic E-state index is 0.128. The highest BCUT2D eigenvalue weighted by Crippen LogP contribution is 2.28. The van der Waals surface area contributed by atoms with Crippen LogP contribution in [0.3, 0.4) is 0 Å². The molecule has 0 spiro atoms. The van der Waals surface area contributed by atoms with Crippen LogP contribution in [0.5, 0.6) is 5.75 Å². The zero-order valence-corrected chi connectivity index (χ0v) is 15.5. The summed E-state index contributed by atoms with van der Waals surface area (Å²) >= 11 is 1.20. The van der Waals surface area contributed by atoms with Crippen LogP contribution in [0.4, 0.5) is 5.69 Å². The summed E-state index contributed by atoms with van der Waals surface area (Å²) in [5, 5.41) is 20.2. The van der Waals surface area contributed by atoms with E-state index in [9.17, 15) is 9.90 Å². The lowest BCUT2D eigenvalue weighted by Gasteiger charge is -2.14. The highest BCUT2D eigenvalue weighted by Gasteiger charge is 2.20. The summed E-state index contributed by atoms with van der Waals surface area (Å²) in [6.07, 6.45) is 0. The van der Waals surface area contributed by atoms with E-state index in [-0.39, 0.29) is 11.7 Å². The van der Waals surface area contributed by atoms with Crippen molar-refractivity contribution in [2.75, 3.05) is 5.32 Å². The molecule has 1 aromatic heterocycles. The van der Waals surface area contributed by atoms with Crippen LogP contribution < -0.4 is 5.32 Å². The van der Waals surface area contributed by atoms with E-state index in [4.69, 9.17) is 4.42 Å². The molecule has 3 rings (SSSR count). The Labute approximate surface area is 155 Å². The van der Waals surface area contributed by atoms with E-state index in [1.165, 1.54) is 11.8 Å². The Morgan fingerprint density at radius 2 is 1.77 bits per heavy atom. The minimum Gasteiger partial charge on any atom is -0.508 e. The highest BCUT2D eigenvalue weighted by atomic mass is 32.2. The van der Waals surface area contributed by atoms with E-state index in [0.717, 1.165) is 16.8 Å². The number of aromatic nitrogens is 2. The van der Waals surface area contributed by atoms with Crippen LogP contribution in [0.1, 0.15) is 18.1 Å². The SMILES string of the molecule is Cc1cccc(C)c1NC(=O)[C@H](C)Sc1nnc(-c2ccc(O)cc2)o1. The van der Waals surface area contributed by atoms with Gasteiger partial charge in [0.1, 0.15) is 5.75 Å². The molecular formula is C19H19N3O3S. The van der Waals surface area contributed by atoms with E-state index >= 15 is 0 Å². The number of rotatable bonds is 5. The van der Waals surface area contributed by atoms with Crippen molar-refractivity contribution in [3.8, 4) is 17.2 Å². The van der Waals surface area contributed by atoms with E-state index in [1.807, 2.05) is 32.0 Å². The lowest BCUT2D eigenvalue weighted by Crippen LogP contribution is -2.23. The second-order valence-corrected chi connectivity index (χ2v) is 7.23. The van der Waals surface area contributed by atoms with Crippen molar-refractivity contribution in [2.24, 2.45) is 0 Å². The van der Waals surface area contributed by atoms with Gasteiger partial charge in [-0.2, -0.15) is 0 Å². The third-order valence-corrected chi connectivity index (χ3v) is 4.83. The maximum atomic E-state index is 12.5. The number of carbonyl (C=O) groups is 1. The normalized spacial score (nSPS) is 12.0. The molecule has 0 radical (unpaired) electrons. The first-order valence-corrected chi connectivity index (χ1v) is 8.98. The van der Waals surface area contributed by atoms with Crippen LogP contribution in [0.2, 0.25) is 0 Å². The van der Waals surface area contributed by atoms with E-state index < -0.39 is 5.25 Å². The van der Waals surface area contributed by atoms with Crippen LogP contribution in [-0.4, -0.2) is 26.5 Å². The third kappa shape index (κ3) is 4.05. The number of nitrogens with zero attached hydrogens (tertiary/aromatic N) is 2. The molecule has 0 saturated carbocycles. The van der Waals surface area contributed by atoms with E-state index in [1.54, 1.807) is 31.2 Å². The Balaban J connectivity index is 1.67. The van der Waals surface area contributed by atoms with Crippen LogP contribution in [0.25, 0.3) is 11.5 Å². The van der Waals surface area contributed by atoms with Gasteiger partial charge < -0.3 is 14.8 Å². The molecule has 0 unspecified atom stereocenters. The van der Waals surface area contributed by atoms with Crippen molar-refractivity contribution in [2.45, 2.75) is 31.2 Å². The van der Waals surface area contributed by atoms with Gasteiger partial charge in [0.05, 0.1) is 5.25 Å². The van der Waals surface area contributed by atoms with Gasteiger partial charge in [-0.15, -0.1) is 10.2 Å². The molecule has 2 aromatic carbocycles. The van der Waals surface area contributed by atoms with Gasteiger partial charge in [-0.05, 0) is 56.2 Å². The highest BCUT2D eigenvalue weighted by molar-refractivity contribution is 8.00. The van der Waals surface area contributed by atoms with Gasteiger partial charge in [-0.25, -0.2) is 0 Å². The quantitative estimate of drug-likeness (QED) is 0.656. The van der Waals surface area contributed by atoms with Gasteiger partial charge in [0.2, 0.25) is 11.8 Å². The number of para-hydroxylation sites is 1. The summed E-state index contributed by atoms with van der Waals surface area (Å²) in [5.41, 5.74) is 3.57. The zero-order chi connectivity index (χ0) is 18.7. The van der Waals surface area contributed by atoms with Crippen molar-refractivity contribution < 1.29 is 14.3 Å². The molecule has 3 aromatic rings. The average molecular weight is 369 g/mol. The Bertz CT molecular complexity index is 902. The lowest BCUT2D eigenvalue weighted by molar-refractivity contribution is -0.115. The number of hydrogen-bond acceptors (Lipinski definition) is 6. The second-order valence-electron chi connectivity index (χ2n) is 5.94. The summed E-state index contributed by atoms with van der Waals surface area (Å²) in [7, 11) is 0. The van der Waals surface area contributed by atoms with Crippen molar-refractivity contribution in [3.05, 3.63) is 53.6 Å². The lowest BCUT2D eigenvalue weighted by atomic mass is 10.1. The number of carbonyl (C=O) groups excluding carboxylic acids is 1. The predicted molar refractivity (Wildman–Crippen MR) is 101 cm³/mol. The zero-order valence-electron chi connectivity index (χ0n) is 14.7. The number of phenols is 1. The smallest absolute Gasteiger partial charge is 0.277 e. The monoisotopic (exact) mass is 369 g/mol. The van der Waals surface area contributed by atoms with Gasteiger partial charge in [0.25, 0.3) is 5.22 Å². The second kappa shape index (κ2) is 7.61. The van der Waals surface area contributed by atoms with Gasteiger partial charge >= 0.3 is 0 Å².